The number of carbonyl (C=O) groups is 1. The number of rotatable bonds is 4. The van der Waals surface area contributed by atoms with Crippen LogP contribution in [0.4, 0.5) is 0 Å². The second-order valence-corrected chi connectivity index (χ2v) is 2.98. The highest BCUT2D eigenvalue weighted by atomic mass is 16.5. The Bertz CT molecular complexity index is 283. The maximum atomic E-state index is 10.6. The summed E-state index contributed by atoms with van der Waals surface area (Å²) in [5, 5.41) is 17.8. The van der Waals surface area contributed by atoms with E-state index in [4.69, 9.17) is 5.11 Å². The lowest BCUT2D eigenvalue weighted by Gasteiger charge is -2.06. The monoisotopic (exact) mass is 212 g/mol. The molecule has 0 spiro atoms. The van der Waals surface area contributed by atoms with Gasteiger partial charge in [-0.3, -0.25) is 0 Å². The van der Waals surface area contributed by atoms with E-state index in [9.17, 15) is 9.90 Å². The van der Waals surface area contributed by atoms with Crippen molar-refractivity contribution in [3.8, 4) is 11.8 Å². The Kier molecular flexibility index (Phi) is 7.33. The summed E-state index contributed by atoms with van der Waals surface area (Å²) in [6, 6.07) is 0. The van der Waals surface area contributed by atoms with Gasteiger partial charge in [0.05, 0.1) is 19.8 Å². The maximum Gasteiger partial charge on any atom is 0.384 e. The zero-order chi connectivity index (χ0) is 11.7. The standard InChI is InChI=1S/C11H16O4/c1-9(10(13)8-12)6-4-3-5-7-11(14)15-2/h6,10,12-13H,3-4,8H2,1-2H3/b9-6-/t10-/m1/s1. The van der Waals surface area contributed by atoms with Crippen molar-refractivity contribution in [2.75, 3.05) is 13.7 Å². The molecule has 0 bridgehead atoms. The number of carbonyl (C=O) groups excluding carboxylic acids is 1. The van der Waals surface area contributed by atoms with Gasteiger partial charge in [-0.15, -0.1) is 0 Å². The number of aliphatic hydroxyl groups is 2. The Morgan fingerprint density at radius 1 is 1.60 bits per heavy atom. The molecule has 0 aliphatic rings. The molecule has 0 aliphatic carbocycles. The molecule has 0 amide bonds. The fourth-order valence-electron chi connectivity index (χ4n) is 0.838. The highest BCUT2D eigenvalue weighted by Crippen LogP contribution is 2.03. The van der Waals surface area contributed by atoms with E-state index in [1.165, 1.54) is 7.11 Å². The first kappa shape index (κ1) is 13.7. The van der Waals surface area contributed by atoms with Gasteiger partial charge in [-0.05, 0) is 18.9 Å². The van der Waals surface area contributed by atoms with Crippen molar-refractivity contribution in [3.05, 3.63) is 11.6 Å². The molecule has 0 fully saturated rings. The Morgan fingerprint density at radius 2 is 2.27 bits per heavy atom. The number of unbranched alkanes of at least 4 members (excludes halogenated alkanes) is 1. The maximum absolute atomic E-state index is 10.6. The van der Waals surface area contributed by atoms with Crippen LogP contribution < -0.4 is 0 Å². The zero-order valence-corrected chi connectivity index (χ0v) is 8.99. The molecule has 1 atom stereocenters. The largest absolute Gasteiger partial charge is 0.459 e. The van der Waals surface area contributed by atoms with Gasteiger partial charge in [-0.2, -0.15) is 0 Å². The number of ether oxygens (including phenoxy) is 1. The van der Waals surface area contributed by atoms with Crippen LogP contribution in [-0.2, 0) is 9.53 Å². The third kappa shape index (κ3) is 6.72. The van der Waals surface area contributed by atoms with Crippen LogP contribution in [0.2, 0.25) is 0 Å². The topological polar surface area (TPSA) is 66.8 Å². The van der Waals surface area contributed by atoms with Crippen LogP contribution in [0, 0.1) is 11.8 Å². The molecular formula is C11H16O4. The first-order valence-corrected chi connectivity index (χ1v) is 4.64. The average molecular weight is 212 g/mol. The highest BCUT2D eigenvalue weighted by Gasteiger charge is 2.02. The number of allylic oxidation sites excluding steroid dienone is 1. The summed E-state index contributed by atoms with van der Waals surface area (Å²) in [5.74, 6) is 4.38. The van der Waals surface area contributed by atoms with E-state index >= 15 is 0 Å². The molecule has 84 valence electrons. The van der Waals surface area contributed by atoms with Crippen LogP contribution >= 0.6 is 0 Å². The van der Waals surface area contributed by atoms with E-state index in [1.807, 2.05) is 0 Å². The first-order chi connectivity index (χ1) is 7.11. The predicted molar refractivity (Wildman–Crippen MR) is 55.9 cm³/mol. The van der Waals surface area contributed by atoms with Crippen molar-refractivity contribution in [2.24, 2.45) is 0 Å². The first-order valence-electron chi connectivity index (χ1n) is 4.64. The van der Waals surface area contributed by atoms with Gasteiger partial charge in [0.2, 0.25) is 0 Å². The summed E-state index contributed by atoms with van der Waals surface area (Å²) >= 11 is 0. The van der Waals surface area contributed by atoms with E-state index in [1.54, 1.807) is 13.0 Å². The second kappa shape index (κ2) is 8.04. The molecule has 0 heterocycles. The van der Waals surface area contributed by atoms with Gasteiger partial charge in [0.1, 0.15) is 0 Å². The molecule has 0 unspecified atom stereocenters. The van der Waals surface area contributed by atoms with Crippen LogP contribution in [0.1, 0.15) is 19.8 Å². The SMILES string of the molecule is COC(=O)C#CCC/C=C(/C)[C@H](O)CO. The van der Waals surface area contributed by atoms with Gasteiger partial charge in [0, 0.05) is 12.3 Å². The number of aliphatic hydroxyl groups excluding tert-OH is 2. The van der Waals surface area contributed by atoms with E-state index < -0.39 is 12.1 Å². The number of hydrogen-bond acceptors (Lipinski definition) is 4. The molecule has 0 aliphatic heterocycles. The van der Waals surface area contributed by atoms with Crippen LogP contribution in [-0.4, -0.2) is 36.0 Å². The van der Waals surface area contributed by atoms with E-state index in [0.29, 0.717) is 18.4 Å². The minimum absolute atomic E-state index is 0.282. The van der Waals surface area contributed by atoms with Crippen LogP contribution in [0.5, 0.6) is 0 Å². The fraction of sp³-hybridized carbons (Fsp3) is 0.545. The lowest BCUT2D eigenvalue weighted by Crippen LogP contribution is -2.12. The normalized spacial score (nSPS) is 12.7. The lowest BCUT2D eigenvalue weighted by atomic mass is 10.1. The lowest BCUT2D eigenvalue weighted by molar-refractivity contribution is -0.133. The molecule has 0 aromatic carbocycles. The third-order valence-electron chi connectivity index (χ3n) is 1.81. The molecule has 0 aromatic heterocycles. The molecule has 4 heteroatoms. The molecular weight excluding hydrogens is 196 g/mol. The van der Waals surface area contributed by atoms with Crippen molar-refractivity contribution in [1.29, 1.82) is 0 Å². The molecule has 15 heavy (non-hydrogen) atoms. The van der Waals surface area contributed by atoms with Gasteiger partial charge in [-0.1, -0.05) is 12.0 Å². The van der Waals surface area contributed by atoms with Crippen molar-refractivity contribution < 1.29 is 19.7 Å². The van der Waals surface area contributed by atoms with Gasteiger partial charge < -0.3 is 14.9 Å². The Morgan fingerprint density at radius 3 is 2.80 bits per heavy atom. The van der Waals surface area contributed by atoms with Crippen molar-refractivity contribution >= 4 is 5.97 Å². The van der Waals surface area contributed by atoms with E-state index in [2.05, 4.69) is 16.6 Å². The van der Waals surface area contributed by atoms with Gasteiger partial charge in [0.25, 0.3) is 0 Å². The average Bonchev–Trinajstić information content (AvgIpc) is 2.26. The predicted octanol–water partition coefficient (Wildman–Crippen LogP) is 0.242. The Hall–Kier alpha value is -1.31. The van der Waals surface area contributed by atoms with Crippen LogP contribution in [0.15, 0.2) is 11.6 Å². The summed E-state index contributed by atoms with van der Waals surface area (Å²) < 4.78 is 4.33. The summed E-state index contributed by atoms with van der Waals surface area (Å²) in [7, 11) is 1.28. The van der Waals surface area contributed by atoms with Crippen molar-refractivity contribution in [2.45, 2.75) is 25.9 Å². The molecule has 0 rings (SSSR count). The van der Waals surface area contributed by atoms with Crippen LogP contribution in [0.25, 0.3) is 0 Å². The molecule has 4 nitrogen and oxygen atoms in total. The van der Waals surface area contributed by atoms with Crippen molar-refractivity contribution in [3.63, 3.8) is 0 Å². The summed E-state index contributed by atoms with van der Waals surface area (Å²) in [4.78, 5) is 10.6. The van der Waals surface area contributed by atoms with E-state index in [0.717, 1.165) is 0 Å². The summed E-state index contributed by atoms with van der Waals surface area (Å²) in [6.45, 7) is 1.45. The molecule has 0 saturated heterocycles. The number of esters is 1. The Labute approximate surface area is 89.6 Å². The van der Waals surface area contributed by atoms with Gasteiger partial charge >= 0.3 is 5.97 Å². The second-order valence-electron chi connectivity index (χ2n) is 2.98. The van der Waals surface area contributed by atoms with E-state index in [-0.39, 0.29) is 6.61 Å². The van der Waals surface area contributed by atoms with Gasteiger partial charge in [0.15, 0.2) is 0 Å². The molecule has 0 aromatic rings. The molecule has 0 saturated carbocycles. The highest BCUT2D eigenvalue weighted by molar-refractivity contribution is 5.88. The fourth-order valence-corrected chi connectivity index (χ4v) is 0.838. The van der Waals surface area contributed by atoms with Gasteiger partial charge in [-0.25, -0.2) is 4.79 Å². The van der Waals surface area contributed by atoms with Crippen molar-refractivity contribution in [1.82, 2.24) is 0 Å². The van der Waals surface area contributed by atoms with Crippen LogP contribution in [0.3, 0.4) is 0 Å². The third-order valence-corrected chi connectivity index (χ3v) is 1.81. The quantitative estimate of drug-likeness (QED) is 0.230. The number of hydrogen-bond donors (Lipinski definition) is 2. The smallest absolute Gasteiger partial charge is 0.384 e. The number of methoxy groups -OCH3 is 1. The molecule has 0 radical (unpaired) electrons. The minimum Gasteiger partial charge on any atom is -0.459 e. The summed E-state index contributed by atoms with van der Waals surface area (Å²) in [5.41, 5.74) is 0.706. The summed E-state index contributed by atoms with van der Waals surface area (Å²) in [6.07, 6.45) is 2.13. The Balaban J connectivity index is 3.86. The zero-order valence-electron chi connectivity index (χ0n) is 8.99. The molecule has 2 N–H and O–H groups in total. The minimum atomic E-state index is -0.807.